The summed E-state index contributed by atoms with van der Waals surface area (Å²) in [6, 6.07) is 30.3. The van der Waals surface area contributed by atoms with Gasteiger partial charge in [-0.3, -0.25) is 0 Å². The summed E-state index contributed by atoms with van der Waals surface area (Å²) in [5.74, 6) is 0. The van der Waals surface area contributed by atoms with Crippen LogP contribution >= 0.6 is 0 Å². The Kier molecular flexibility index (Phi) is 8.09. The van der Waals surface area contributed by atoms with Crippen LogP contribution in [-0.2, 0) is 11.2 Å². The van der Waals surface area contributed by atoms with Crippen LogP contribution in [0.5, 0.6) is 0 Å². The van der Waals surface area contributed by atoms with Crippen molar-refractivity contribution in [2.45, 2.75) is 26.7 Å². The molecule has 2 heteroatoms. The van der Waals surface area contributed by atoms with E-state index in [-0.39, 0.29) is 0 Å². The first-order valence-corrected chi connectivity index (χ1v) is 10.5. The molecule has 0 aliphatic rings. The van der Waals surface area contributed by atoms with E-state index >= 15 is 0 Å². The van der Waals surface area contributed by atoms with E-state index in [2.05, 4.69) is 97.2 Å². The third-order valence-corrected chi connectivity index (χ3v) is 5.06. The Morgan fingerprint density at radius 3 is 2.00 bits per heavy atom. The van der Waals surface area contributed by atoms with Crippen LogP contribution < -0.4 is 5.32 Å². The minimum atomic E-state index is 0.727. The Bertz CT molecular complexity index is 883. The van der Waals surface area contributed by atoms with E-state index in [0.717, 1.165) is 38.3 Å². The summed E-state index contributed by atoms with van der Waals surface area (Å²) in [6.07, 6.45) is 1.99. The lowest BCUT2D eigenvalue weighted by Crippen LogP contribution is -2.09. The molecule has 29 heavy (non-hydrogen) atoms. The summed E-state index contributed by atoms with van der Waals surface area (Å²) >= 11 is 0. The van der Waals surface area contributed by atoms with Gasteiger partial charge in [0.05, 0.1) is 6.61 Å². The SMILES string of the molecule is CCOCCNc1ccc(C(=C(CC)Cc2ccccc2)c2ccccc2)cc1. The first-order chi connectivity index (χ1) is 14.3. The summed E-state index contributed by atoms with van der Waals surface area (Å²) in [4.78, 5) is 0. The van der Waals surface area contributed by atoms with Crippen LogP contribution in [0.1, 0.15) is 37.0 Å². The van der Waals surface area contributed by atoms with E-state index in [1.807, 2.05) is 6.92 Å². The van der Waals surface area contributed by atoms with Crippen molar-refractivity contribution in [1.82, 2.24) is 0 Å². The molecule has 0 saturated carbocycles. The molecular formula is C27H31NO. The third-order valence-electron chi connectivity index (χ3n) is 5.06. The van der Waals surface area contributed by atoms with E-state index < -0.39 is 0 Å². The molecule has 3 aromatic carbocycles. The maximum Gasteiger partial charge on any atom is 0.0638 e. The highest BCUT2D eigenvalue weighted by Gasteiger charge is 2.12. The van der Waals surface area contributed by atoms with Gasteiger partial charge in [0.25, 0.3) is 0 Å². The van der Waals surface area contributed by atoms with Gasteiger partial charge >= 0.3 is 0 Å². The second-order valence-electron chi connectivity index (χ2n) is 7.06. The molecular weight excluding hydrogens is 354 g/mol. The standard InChI is InChI=1S/C27H31NO/c1-3-23(21-22-11-7-5-8-12-22)27(24-13-9-6-10-14-24)25-15-17-26(18-16-25)28-19-20-29-4-2/h5-18,28H,3-4,19-21H2,1-2H3. The number of benzene rings is 3. The summed E-state index contributed by atoms with van der Waals surface area (Å²) in [5.41, 5.74) is 7.82. The second kappa shape index (κ2) is 11.2. The number of rotatable bonds is 10. The van der Waals surface area contributed by atoms with Crippen LogP contribution in [0.15, 0.2) is 90.5 Å². The molecule has 0 unspecified atom stereocenters. The van der Waals surface area contributed by atoms with Gasteiger partial charge in [-0.15, -0.1) is 0 Å². The predicted molar refractivity (Wildman–Crippen MR) is 124 cm³/mol. The van der Waals surface area contributed by atoms with Crippen molar-refractivity contribution in [1.29, 1.82) is 0 Å². The third kappa shape index (κ3) is 6.07. The summed E-state index contributed by atoms with van der Waals surface area (Å²) in [6.45, 7) is 6.58. The minimum absolute atomic E-state index is 0.727. The molecule has 0 heterocycles. The molecule has 0 bridgehead atoms. The lowest BCUT2D eigenvalue weighted by Gasteiger charge is -2.17. The van der Waals surface area contributed by atoms with Gasteiger partial charge in [0.2, 0.25) is 0 Å². The number of anilines is 1. The topological polar surface area (TPSA) is 21.3 Å². The first kappa shape index (κ1) is 20.9. The summed E-state index contributed by atoms with van der Waals surface area (Å²) in [7, 11) is 0. The molecule has 3 aromatic rings. The van der Waals surface area contributed by atoms with Crippen molar-refractivity contribution in [2.24, 2.45) is 0 Å². The van der Waals surface area contributed by atoms with Crippen molar-refractivity contribution < 1.29 is 4.74 Å². The van der Waals surface area contributed by atoms with Crippen molar-refractivity contribution in [3.8, 4) is 0 Å². The summed E-state index contributed by atoms with van der Waals surface area (Å²) < 4.78 is 5.41. The lowest BCUT2D eigenvalue weighted by atomic mass is 9.88. The minimum Gasteiger partial charge on any atom is -0.383 e. The predicted octanol–water partition coefficient (Wildman–Crippen LogP) is 6.59. The van der Waals surface area contributed by atoms with E-state index in [4.69, 9.17) is 4.74 Å². The Morgan fingerprint density at radius 1 is 0.759 bits per heavy atom. The van der Waals surface area contributed by atoms with E-state index in [0.29, 0.717) is 0 Å². The molecule has 0 saturated heterocycles. The fourth-order valence-corrected chi connectivity index (χ4v) is 3.58. The van der Waals surface area contributed by atoms with Crippen LogP contribution in [0.25, 0.3) is 5.57 Å². The molecule has 0 amide bonds. The van der Waals surface area contributed by atoms with Gasteiger partial charge in [0.15, 0.2) is 0 Å². The monoisotopic (exact) mass is 385 g/mol. The van der Waals surface area contributed by atoms with Gasteiger partial charge in [-0.05, 0) is 54.2 Å². The zero-order valence-electron chi connectivity index (χ0n) is 17.5. The van der Waals surface area contributed by atoms with Gasteiger partial charge in [-0.1, -0.05) is 85.3 Å². The fourth-order valence-electron chi connectivity index (χ4n) is 3.58. The van der Waals surface area contributed by atoms with Crippen LogP contribution in [-0.4, -0.2) is 19.8 Å². The summed E-state index contributed by atoms with van der Waals surface area (Å²) in [5, 5.41) is 3.43. The largest absolute Gasteiger partial charge is 0.383 e. The number of allylic oxidation sites excluding steroid dienone is 1. The van der Waals surface area contributed by atoms with Crippen molar-refractivity contribution >= 4 is 11.3 Å². The lowest BCUT2D eigenvalue weighted by molar-refractivity contribution is 0.158. The van der Waals surface area contributed by atoms with Gasteiger partial charge in [0, 0.05) is 18.8 Å². The van der Waals surface area contributed by atoms with Crippen molar-refractivity contribution in [2.75, 3.05) is 25.1 Å². The molecule has 3 rings (SSSR count). The zero-order valence-corrected chi connectivity index (χ0v) is 17.5. The maximum absolute atomic E-state index is 5.41. The Morgan fingerprint density at radius 2 is 1.38 bits per heavy atom. The van der Waals surface area contributed by atoms with E-state index in [1.54, 1.807) is 0 Å². The Labute approximate surface area is 175 Å². The first-order valence-electron chi connectivity index (χ1n) is 10.5. The molecule has 0 radical (unpaired) electrons. The highest BCUT2D eigenvalue weighted by Crippen LogP contribution is 2.31. The maximum atomic E-state index is 5.41. The van der Waals surface area contributed by atoms with Crippen molar-refractivity contribution in [3.05, 3.63) is 107 Å². The number of ether oxygens (including phenoxy) is 1. The number of nitrogens with one attached hydrogen (secondary N) is 1. The average Bonchev–Trinajstić information content (AvgIpc) is 2.78. The Hall–Kier alpha value is -2.84. The molecule has 0 spiro atoms. The quantitative estimate of drug-likeness (QED) is 0.398. The molecule has 1 N–H and O–H groups in total. The van der Waals surface area contributed by atoms with Crippen LogP contribution in [0, 0.1) is 0 Å². The van der Waals surface area contributed by atoms with Crippen LogP contribution in [0.4, 0.5) is 5.69 Å². The highest BCUT2D eigenvalue weighted by molar-refractivity contribution is 5.83. The van der Waals surface area contributed by atoms with Gasteiger partial charge in [-0.2, -0.15) is 0 Å². The number of hydrogen-bond donors (Lipinski definition) is 1. The molecule has 0 aliphatic carbocycles. The fraction of sp³-hybridized carbons (Fsp3) is 0.259. The highest BCUT2D eigenvalue weighted by atomic mass is 16.5. The molecule has 0 aliphatic heterocycles. The normalized spacial score (nSPS) is 11.8. The molecule has 0 aromatic heterocycles. The molecule has 0 fully saturated rings. The van der Waals surface area contributed by atoms with Crippen molar-refractivity contribution in [3.63, 3.8) is 0 Å². The number of hydrogen-bond acceptors (Lipinski definition) is 2. The Balaban J connectivity index is 1.91. The van der Waals surface area contributed by atoms with Gasteiger partial charge in [-0.25, -0.2) is 0 Å². The average molecular weight is 386 g/mol. The van der Waals surface area contributed by atoms with Gasteiger partial charge < -0.3 is 10.1 Å². The molecule has 0 atom stereocenters. The second-order valence-corrected chi connectivity index (χ2v) is 7.06. The molecule has 2 nitrogen and oxygen atoms in total. The van der Waals surface area contributed by atoms with E-state index in [9.17, 15) is 0 Å². The van der Waals surface area contributed by atoms with Crippen LogP contribution in [0.3, 0.4) is 0 Å². The van der Waals surface area contributed by atoms with Crippen LogP contribution in [0.2, 0.25) is 0 Å². The smallest absolute Gasteiger partial charge is 0.0638 e. The zero-order chi connectivity index (χ0) is 20.3. The molecule has 150 valence electrons. The van der Waals surface area contributed by atoms with Gasteiger partial charge in [0.1, 0.15) is 0 Å². The van der Waals surface area contributed by atoms with E-state index in [1.165, 1.54) is 27.8 Å².